The molecular formula is C13H18FN3. The van der Waals surface area contributed by atoms with Crippen molar-refractivity contribution in [3.63, 3.8) is 0 Å². The van der Waals surface area contributed by atoms with Crippen molar-refractivity contribution in [3.05, 3.63) is 29.8 Å². The predicted octanol–water partition coefficient (Wildman–Crippen LogP) is 1.41. The fourth-order valence-electron chi connectivity index (χ4n) is 3.11. The van der Waals surface area contributed by atoms with Crippen LogP contribution in [-0.2, 0) is 6.54 Å². The first-order valence-corrected chi connectivity index (χ1v) is 6.28. The van der Waals surface area contributed by atoms with Crippen LogP contribution in [0.25, 0.3) is 0 Å². The molecule has 2 fully saturated rings. The molecule has 1 N–H and O–H groups in total. The number of nitrogens with zero attached hydrogens (tertiary/aromatic N) is 2. The summed E-state index contributed by atoms with van der Waals surface area (Å²) in [4.78, 5) is 6.32. The molecule has 17 heavy (non-hydrogen) atoms. The van der Waals surface area contributed by atoms with E-state index in [-0.39, 0.29) is 5.82 Å². The molecule has 3 rings (SSSR count). The second-order valence-corrected chi connectivity index (χ2v) is 5.40. The summed E-state index contributed by atoms with van der Waals surface area (Å²) in [7, 11) is 0. The average Bonchev–Trinajstić information content (AvgIpc) is 2.90. The molecule has 2 aliphatic rings. The van der Waals surface area contributed by atoms with E-state index in [0.29, 0.717) is 5.41 Å². The Bertz CT molecular complexity index is 401. The van der Waals surface area contributed by atoms with E-state index in [1.807, 2.05) is 0 Å². The molecule has 0 aliphatic carbocycles. The zero-order valence-electron chi connectivity index (χ0n) is 9.95. The first-order chi connectivity index (χ1) is 8.26. The standard InChI is InChI=1S/C13H18FN3/c14-12-5-11(6-16-7-12)8-17-4-2-13(10-17)1-3-15-9-13/h5-7,15H,1-4,8-10H2. The summed E-state index contributed by atoms with van der Waals surface area (Å²) in [5.41, 5.74) is 1.47. The van der Waals surface area contributed by atoms with E-state index in [9.17, 15) is 4.39 Å². The number of pyridine rings is 1. The van der Waals surface area contributed by atoms with Crippen LogP contribution in [0, 0.1) is 11.2 Å². The lowest BCUT2D eigenvalue weighted by molar-refractivity contribution is 0.268. The van der Waals surface area contributed by atoms with Crippen molar-refractivity contribution in [2.24, 2.45) is 5.41 Å². The molecule has 4 heteroatoms. The molecule has 3 heterocycles. The molecule has 2 aliphatic heterocycles. The Morgan fingerprint density at radius 1 is 1.41 bits per heavy atom. The maximum Gasteiger partial charge on any atom is 0.141 e. The fourth-order valence-corrected chi connectivity index (χ4v) is 3.11. The van der Waals surface area contributed by atoms with Gasteiger partial charge in [0.25, 0.3) is 0 Å². The summed E-state index contributed by atoms with van der Waals surface area (Å²) in [6, 6.07) is 1.59. The zero-order chi connectivity index (χ0) is 11.7. The van der Waals surface area contributed by atoms with Gasteiger partial charge in [0.15, 0.2) is 0 Å². The molecule has 0 amide bonds. The lowest BCUT2D eigenvalue weighted by Gasteiger charge is -2.22. The Balaban J connectivity index is 1.64. The van der Waals surface area contributed by atoms with Gasteiger partial charge in [-0.25, -0.2) is 4.39 Å². The SMILES string of the molecule is Fc1cncc(CN2CCC3(CCNC3)C2)c1. The van der Waals surface area contributed by atoms with E-state index in [2.05, 4.69) is 15.2 Å². The minimum Gasteiger partial charge on any atom is -0.316 e. The molecule has 1 atom stereocenters. The number of likely N-dealkylation sites (tertiary alicyclic amines) is 1. The van der Waals surface area contributed by atoms with Gasteiger partial charge in [-0.2, -0.15) is 0 Å². The number of hydrogen-bond acceptors (Lipinski definition) is 3. The van der Waals surface area contributed by atoms with Crippen LogP contribution in [0.3, 0.4) is 0 Å². The van der Waals surface area contributed by atoms with E-state index < -0.39 is 0 Å². The van der Waals surface area contributed by atoms with Crippen molar-refractivity contribution in [2.75, 3.05) is 26.2 Å². The summed E-state index contributed by atoms with van der Waals surface area (Å²) in [6.45, 7) is 5.38. The number of halogens is 1. The molecule has 3 nitrogen and oxygen atoms in total. The van der Waals surface area contributed by atoms with E-state index >= 15 is 0 Å². The van der Waals surface area contributed by atoms with Gasteiger partial charge in [-0.3, -0.25) is 9.88 Å². The van der Waals surface area contributed by atoms with Gasteiger partial charge in [0.05, 0.1) is 6.20 Å². The average molecular weight is 235 g/mol. The first-order valence-electron chi connectivity index (χ1n) is 6.28. The summed E-state index contributed by atoms with van der Waals surface area (Å²) in [5, 5.41) is 3.45. The number of nitrogens with one attached hydrogen (secondary N) is 1. The smallest absolute Gasteiger partial charge is 0.141 e. The van der Waals surface area contributed by atoms with E-state index in [1.165, 1.54) is 19.0 Å². The number of aromatic nitrogens is 1. The van der Waals surface area contributed by atoms with Crippen molar-refractivity contribution in [2.45, 2.75) is 19.4 Å². The molecule has 1 unspecified atom stereocenters. The van der Waals surface area contributed by atoms with E-state index in [0.717, 1.165) is 38.3 Å². The lowest BCUT2D eigenvalue weighted by Crippen LogP contribution is -2.29. The largest absolute Gasteiger partial charge is 0.316 e. The normalized spacial score (nSPS) is 29.2. The highest BCUT2D eigenvalue weighted by Crippen LogP contribution is 2.36. The van der Waals surface area contributed by atoms with Crippen molar-refractivity contribution in [1.29, 1.82) is 0 Å². The van der Waals surface area contributed by atoms with Gasteiger partial charge in [0, 0.05) is 25.8 Å². The van der Waals surface area contributed by atoms with Crippen LogP contribution in [0.4, 0.5) is 4.39 Å². The first kappa shape index (κ1) is 11.1. The van der Waals surface area contributed by atoms with Gasteiger partial charge in [0.1, 0.15) is 5.82 Å². The Kier molecular flexibility index (Phi) is 2.84. The molecule has 0 saturated carbocycles. The highest BCUT2D eigenvalue weighted by Gasteiger charge is 2.39. The molecule has 1 aromatic rings. The third kappa shape index (κ3) is 2.33. The predicted molar refractivity (Wildman–Crippen MR) is 64.0 cm³/mol. The zero-order valence-corrected chi connectivity index (χ0v) is 9.95. The summed E-state index contributed by atoms with van der Waals surface area (Å²) < 4.78 is 13.0. The topological polar surface area (TPSA) is 28.2 Å². The molecular weight excluding hydrogens is 217 g/mol. The van der Waals surface area contributed by atoms with E-state index in [4.69, 9.17) is 0 Å². The Labute approximate surface area is 101 Å². The van der Waals surface area contributed by atoms with Gasteiger partial charge in [-0.1, -0.05) is 0 Å². The summed E-state index contributed by atoms with van der Waals surface area (Å²) in [5.74, 6) is -0.237. The highest BCUT2D eigenvalue weighted by atomic mass is 19.1. The van der Waals surface area contributed by atoms with Crippen molar-refractivity contribution in [1.82, 2.24) is 15.2 Å². The van der Waals surface area contributed by atoms with Crippen molar-refractivity contribution in [3.8, 4) is 0 Å². The fraction of sp³-hybridized carbons (Fsp3) is 0.615. The minimum atomic E-state index is -0.237. The highest BCUT2D eigenvalue weighted by molar-refractivity contribution is 5.11. The molecule has 92 valence electrons. The Morgan fingerprint density at radius 2 is 2.35 bits per heavy atom. The maximum atomic E-state index is 13.0. The molecule has 2 saturated heterocycles. The quantitative estimate of drug-likeness (QED) is 0.840. The van der Waals surface area contributed by atoms with Gasteiger partial charge in [-0.15, -0.1) is 0 Å². The van der Waals surface area contributed by atoms with Crippen molar-refractivity contribution >= 4 is 0 Å². The van der Waals surface area contributed by atoms with Crippen LogP contribution in [0.5, 0.6) is 0 Å². The third-order valence-corrected chi connectivity index (χ3v) is 4.02. The second kappa shape index (κ2) is 4.35. The molecule has 0 aromatic carbocycles. The van der Waals surface area contributed by atoms with Crippen LogP contribution in [0.2, 0.25) is 0 Å². The molecule has 0 radical (unpaired) electrons. The number of hydrogen-bond donors (Lipinski definition) is 1. The van der Waals surface area contributed by atoms with Crippen LogP contribution < -0.4 is 5.32 Å². The van der Waals surface area contributed by atoms with Gasteiger partial charge < -0.3 is 5.32 Å². The number of rotatable bonds is 2. The van der Waals surface area contributed by atoms with Gasteiger partial charge in [-0.05, 0) is 43.0 Å². The molecule has 0 bridgehead atoms. The van der Waals surface area contributed by atoms with Crippen LogP contribution in [0.15, 0.2) is 18.5 Å². The third-order valence-electron chi connectivity index (χ3n) is 4.02. The van der Waals surface area contributed by atoms with Crippen molar-refractivity contribution < 1.29 is 4.39 Å². The maximum absolute atomic E-state index is 13.0. The van der Waals surface area contributed by atoms with Gasteiger partial charge >= 0.3 is 0 Å². The summed E-state index contributed by atoms with van der Waals surface area (Å²) >= 11 is 0. The second-order valence-electron chi connectivity index (χ2n) is 5.40. The molecule has 1 spiro atoms. The Hall–Kier alpha value is -1.00. The summed E-state index contributed by atoms with van der Waals surface area (Å²) in [6.07, 6.45) is 5.57. The lowest BCUT2D eigenvalue weighted by atomic mass is 9.87. The van der Waals surface area contributed by atoms with Gasteiger partial charge in [0.2, 0.25) is 0 Å². The van der Waals surface area contributed by atoms with Crippen LogP contribution in [-0.4, -0.2) is 36.1 Å². The Morgan fingerprint density at radius 3 is 3.12 bits per heavy atom. The van der Waals surface area contributed by atoms with Crippen LogP contribution >= 0.6 is 0 Å². The minimum absolute atomic E-state index is 0.237. The van der Waals surface area contributed by atoms with E-state index in [1.54, 1.807) is 12.3 Å². The molecule has 1 aromatic heterocycles. The monoisotopic (exact) mass is 235 g/mol. The van der Waals surface area contributed by atoms with Crippen LogP contribution in [0.1, 0.15) is 18.4 Å².